The summed E-state index contributed by atoms with van der Waals surface area (Å²) in [7, 11) is 3.22. The van der Waals surface area contributed by atoms with Gasteiger partial charge in [0.15, 0.2) is 5.78 Å². The van der Waals surface area contributed by atoms with E-state index in [1.165, 1.54) is 0 Å². The molecule has 2 unspecified atom stereocenters. The summed E-state index contributed by atoms with van der Waals surface area (Å²) in [5, 5.41) is 0. The van der Waals surface area contributed by atoms with Gasteiger partial charge in [-0.1, -0.05) is 42.5 Å². The molecule has 3 aromatic carbocycles. The molecule has 27 heavy (non-hydrogen) atoms. The Morgan fingerprint density at radius 2 is 1.44 bits per heavy atom. The van der Waals surface area contributed by atoms with E-state index in [0.29, 0.717) is 17.1 Å². The molecule has 4 heteroatoms. The number of carbonyl (C=O) groups is 1. The molecule has 0 aliphatic carbocycles. The number of benzene rings is 3. The summed E-state index contributed by atoms with van der Waals surface area (Å²) in [4.78, 5) is 13.4. The van der Waals surface area contributed by atoms with Crippen molar-refractivity contribution in [2.45, 2.75) is 12.0 Å². The number of hydrogen-bond acceptors (Lipinski definition) is 4. The Kier molecular flexibility index (Phi) is 4.55. The van der Waals surface area contributed by atoms with Gasteiger partial charge >= 0.3 is 0 Å². The van der Waals surface area contributed by atoms with E-state index in [9.17, 15) is 4.79 Å². The molecule has 0 bridgehead atoms. The minimum absolute atomic E-state index is 0.0397. The first-order chi connectivity index (χ1) is 13.2. The number of Topliss-reactive ketones (excluding diaryl/α,β-unsaturated/α-hetero) is 1. The lowest BCUT2D eigenvalue weighted by Gasteiger charge is -2.33. The van der Waals surface area contributed by atoms with Crippen molar-refractivity contribution in [3.8, 4) is 17.2 Å². The molecular formula is C23H20O4. The van der Waals surface area contributed by atoms with Crippen LogP contribution in [-0.2, 0) is 0 Å². The topological polar surface area (TPSA) is 44.8 Å². The minimum atomic E-state index is -0.431. The summed E-state index contributed by atoms with van der Waals surface area (Å²) in [6, 6.07) is 22.7. The number of methoxy groups -OCH3 is 2. The lowest BCUT2D eigenvalue weighted by atomic mass is 9.81. The summed E-state index contributed by atoms with van der Waals surface area (Å²) in [5.74, 6) is 1.58. The number of hydrogen-bond donors (Lipinski definition) is 0. The molecule has 1 aliphatic rings. The van der Waals surface area contributed by atoms with Gasteiger partial charge in [0.25, 0.3) is 0 Å². The summed E-state index contributed by atoms with van der Waals surface area (Å²) < 4.78 is 16.9. The van der Waals surface area contributed by atoms with E-state index < -0.39 is 12.0 Å². The van der Waals surface area contributed by atoms with Crippen LogP contribution in [0.25, 0.3) is 0 Å². The SMILES string of the molecule is COc1ccc(C2C(=O)c3ccc(OC)cc3OC2c2ccccc2)cc1. The first-order valence-electron chi connectivity index (χ1n) is 8.79. The maximum Gasteiger partial charge on any atom is 0.178 e. The average molecular weight is 360 g/mol. The third-order valence-corrected chi connectivity index (χ3v) is 4.90. The fourth-order valence-corrected chi connectivity index (χ4v) is 3.48. The van der Waals surface area contributed by atoms with Gasteiger partial charge in [0.2, 0.25) is 0 Å². The van der Waals surface area contributed by atoms with Crippen LogP contribution < -0.4 is 14.2 Å². The number of carbonyl (C=O) groups excluding carboxylic acids is 1. The van der Waals surface area contributed by atoms with Crippen LogP contribution in [0.4, 0.5) is 0 Å². The second-order valence-electron chi connectivity index (χ2n) is 6.43. The van der Waals surface area contributed by atoms with Crippen LogP contribution in [0.3, 0.4) is 0 Å². The highest BCUT2D eigenvalue weighted by atomic mass is 16.5. The molecule has 0 aromatic heterocycles. The minimum Gasteiger partial charge on any atom is -0.497 e. The van der Waals surface area contributed by atoms with Gasteiger partial charge in [-0.2, -0.15) is 0 Å². The van der Waals surface area contributed by atoms with E-state index in [0.717, 1.165) is 16.9 Å². The standard InChI is InChI=1S/C23H20O4/c1-25-17-10-8-15(9-11-17)21-22(24)19-13-12-18(26-2)14-20(19)27-23(21)16-6-4-3-5-7-16/h3-14,21,23H,1-2H3. The summed E-state index contributed by atoms with van der Waals surface area (Å²) >= 11 is 0. The van der Waals surface area contributed by atoms with Crippen molar-refractivity contribution in [3.63, 3.8) is 0 Å². The highest BCUT2D eigenvalue weighted by molar-refractivity contribution is 6.04. The Bertz CT molecular complexity index is 948. The quantitative estimate of drug-likeness (QED) is 0.670. The normalized spacial score (nSPS) is 18.4. The molecule has 0 saturated heterocycles. The first kappa shape index (κ1) is 17.2. The van der Waals surface area contributed by atoms with Gasteiger partial charge in [-0.3, -0.25) is 4.79 Å². The Hall–Kier alpha value is -3.27. The van der Waals surface area contributed by atoms with E-state index in [2.05, 4.69) is 0 Å². The van der Waals surface area contributed by atoms with Crippen molar-refractivity contribution in [3.05, 3.63) is 89.5 Å². The highest BCUT2D eigenvalue weighted by Gasteiger charge is 2.39. The van der Waals surface area contributed by atoms with Crippen LogP contribution >= 0.6 is 0 Å². The second-order valence-corrected chi connectivity index (χ2v) is 6.43. The molecule has 0 amide bonds. The molecule has 136 valence electrons. The summed E-state index contributed by atoms with van der Waals surface area (Å²) in [6.45, 7) is 0. The van der Waals surface area contributed by atoms with Gasteiger partial charge in [-0.05, 0) is 35.4 Å². The molecule has 0 radical (unpaired) electrons. The number of fused-ring (bicyclic) bond motifs is 1. The molecule has 0 spiro atoms. The molecule has 0 saturated carbocycles. The Labute approximate surface area is 158 Å². The van der Waals surface area contributed by atoms with Crippen LogP contribution in [0.15, 0.2) is 72.8 Å². The smallest absolute Gasteiger partial charge is 0.178 e. The molecule has 1 heterocycles. The number of rotatable bonds is 4. The third-order valence-electron chi connectivity index (χ3n) is 4.90. The van der Waals surface area contributed by atoms with E-state index in [4.69, 9.17) is 14.2 Å². The zero-order valence-corrected chi connectivity index (χ0v) is 15.2. The van der Waals surface area contributed by atoms with Crippen molar-refractivity contribution < 1.29 is 19.0 Å². The van der Waals surface area contributed by atoms with Gasteiger partial charge < -0.3 is 14.2 Å². The van der Waals surface area contributed by atoms with Crippen LogP contribution in [0.2, 0.25) is 0 Å². The molecule has 1 aliphatic heterocycles. The van der Waals surface area contributed by atoms with Crippen molar-refractivity contribution in [2.24, 2.45) is 0 Å². The number of ketones is 1. The van der Waals surface area contributed by atoms with Crippen molar-refractivity contribution in [1.29, 1.82) is 0 Å². The third kappa shape index (κ3) is 3.14. The second kappa shape index (κ2) is 7.16. The average Bonchev–Trinajstić information content (AvgIpc) is 2.74. The van der Waals surface area contributed by atoms with Crippen molar-refractivity contribution in [2.75, 3.05) is 14.2 Å². The van der Waals surface area contributed by atoms with E-state index >= 15 is 0 Å². The zero-order valence-electron chi connectivity index (χ0n) is 15.2. The lowest BCUT2D eigenvalue weighted by molar-refractivity contribution is 0.0781. The van der Waals surface area contributed by atoms with Crippen LogP contribution in [0, 0.1) is 0 Å². The van der Waals surface area contributed by atoms with E-state index in [1.807, 2.05) is 54.6 Å². The Balaban J connectivity index is 1.83. The molecule has 0 N–H and O–H groups in total. The van der Waals surface area contributed by atoms with Gasteiger partial charge in [0.05, 0.1) is 25.7 Å². The largest absolute Gasteiger partial charge is 0.497 e. The fourth-order valence-electron chi connectivity index (χ4n) is 3.48. The predicted molar refractivity (Wildman–Crippen MR) is 103 cm³/mol. The fraction of sp³-hybridized carbons (Fsp3) is 0.174. The lowest BCUT2D eigenvalue weighted by Crippen LogP contribution is -2.30. The van der Waals surface area contributed by atoms with E-state index in [1.54, 1.807) is 32.4 Å². The zero-order chi connectivity index (χ0) is 18.8. The van der Waals surface area contributed by atoms with Crippen molar-refractivity contribution in [1.82, 2.24) is 0 Å². The predicted octanol–water partition coefficient (Wildman–Crippen LogP) is 4.80. The van der Waals surface area contributed by atoms with Gasteiger partial charge in [-0.25, -0.2) is 0 Å². The molecule has 4 nitrogen and oxygen atoms in total. The number of ether oxygens (including phenoxy) is 3. The maximum absolute atomic E-state index is 13.4. The summed E-state index contributed by atoms with van der Waals surface area (Å²) in [5.41, 5.74) is 2.43. The van der Waals surface area contributed by atoms with Crippen LogP contribution in [0.5, 0.6) is 17.2 Å². The summed E-state index contributed by atoms with van der Waals surface area (Å²) in [6.07, 6.45) is -0.410. The Morgan fingerprint density at radius 3 is 2.11 bits per heavy atom. The van der Waals surface area contributed by atoms with Gasteiger partial charge in [-0.15, -0.1) is 0 Å². The molecule has 3 aromatic rings. The maximum atomic E-state index is 13.4. The van der Waals surface area contributed by atoms with Gasteiger partial charge in [0, 0.05) is 6.07 Å². The van der Waals surface area contributed by atoms with Crippen molar-refractivity contribution >= 4 is 5.78 Å². The molecule has 2 atom stereocenters. The van der Waals surface area contributed by atoms with Gasteiger partial charge in [0.1, 0.15) is 23.4 Å². The van der Waals surface area contributed by atoms with E-state index in [-0.39, 0.29) is 5.78 Å². The first-order valence-corrected chi connectivity index (χ1v) is 8.79. The Morgan fingerprint density at radius 1 is 0.778 bits per heavy atom. The molecular weight excluding hydrogens is 340 g/mol. The highest BCUT2D eigenvalue weighted by Crippen LogP contribution is 2.45. The molecule has 4 rings (SSSR count). The van der Waals surface area contributed by atoms with Crippen LogP contribution in [0.1, 0.15) is 33.5 Å². The molecule has 0 fully saturated rings. The monoisotopic (exact) mass is 360 g/mol. The van der Waals surface area contributed by atoms with Crippen LogP contribution in [-0.4, -0.2) is 20.0 Å².